The zero-order valence-electron chi connectivity index (χ0n) is 19.0. The molecular weight excluding hydrogens is 384 g/mol. The first kappa shape index (κ1) is 24.5. The van der Waals surface area contributed by atoms with Gasteiger partial charge >= 0.3 is 0 Å². The molecule has 29 heavy (non-hydrogen) atoms. The maximum Gasteiger partial charge on any atom is 0.191 e. The van der Waals surface area contributed by atoms with Gasteiger partial charge in [-0.15, -0.1) is 0 Å². The van der Waals surface area contributed by atoms with Crippen LogP contribution in [0.4, 0.5) is 0 Å². The molecule has 0 aliphatic carbocycles. The second-order valence-electron chi connectivity index (χ2n) is 10.1. The van der Waals surface area contributed by atoms with Gasteiger partial charge in [-0.3, -0.25) is 0 Å². The molecule has 6 heteroatoms. The molecule has 1 fully saturated rings. The third-order valence-electron chi connectivity index (χ3n) is 6.74. The van der Waals surface area contributed by atoms with Crippen molar-refractivity contribution in [3.05, 3.63) is 35.9 Å². The fraction of sp³-hybridized carbons (Fsp3) is 0.739. The lowest BCUT2D eigenvalue weighted by atomic mass is 9.74. The molecule has 0 unspecified atom stereocenters. The fourth-order valence-electron chi connectivity index (χ4n) is 3.41. The summed E-state index contributed by atoms with van der Waals surface area (Å²) in [6.45, 7) is 14.4. The van der Waals surface area contributed by atoms with E-state index in [0.29, 0.717) is 32.7 Å². The van der Waals surface area contributed by atoms with Crippen LogP contribution in [0.15, 0.2) is 30.3 Å². The number of ether oxygens (including phenoxy) is 2. The zero-order valence-corrected chi connectivity index (χ0v) is 20.0. The largest absolute Gasteiger partial charge is 0.417 e. The van der Waals surface area contributed by atoms with E-state index in [1.807, 2.05) is 37.3 Å². The topological polar surface area (TPSA) is 68.2 Å². The molecular formula is C23H40O5Si. The highest BCUT2D eigenvalue weighted by Gasteiger charge is 2.47. The molecule has 1 aliphatic rings. The lowest BCUT2D eigenvalue weighted by molar-refractivity contribution is -0.208. The number of aliphatic hydroxyl groups excluding tert-OH is 2. The van der Waals surface area contributed by atoms with Gasteiger partial charge in [0, 0.05) is 18.4 Å². The van der Waals surface area contributed by atoms with Crippen molar-refractivity contribution in [1.82, 2.24) is 0 Å². The van der Waals surface area contributed by atoms with E-state index >= 15 is 0 Å². The third kappa shape index (κ3) is 6.36. The Hall–Kier alpha value is -0.763. The minimum absolute atomic E-state index is 0.115. The van der Waals surface area contributed by atoms with Crippen molar-refractivity contribution in [2.24, 2.45) is 5.41 Å². The Morgan fingerprint density at radius 3 is 2.45 bits per heavy atom. The molecule has 1 aromatic carbocycles. The van der Waals surface area contributed by atoms with Crippen LogP contribution in [0, 0.1) is 5.41 Å². The van der Waals surface area contributed by atoms with E-state index in [1.165, 1.54) is 0 Å². The molecule has 0 aromatic heterocycles. The average Bonchev–Trinajstić information content (AvgIpc) is 2.65. The predicted octanol–water partition coefficient (Wildman–Crippen LogP) is 4.13. The molecule has 5 nitrogen and oxygen atoms in total. The zero-order chi connectivity index (χ0) is 21.7. The third-order valence-corrected chi connectivity index (χ3v) is 11.3. The van der Waals surface area contributed by atoms with Gasteiger partial charge in [0.25, 0.3) is 0 Å². The monoisotopic (exact) mass is 424 g/mol. The van der Waals surface area contributed by atoms with Crippen LogP contribution in [0.25, 0.3) is 0 Å². The molecule has 0 spiro atoms. The van der Waals surface area contributed by atoms with Crippen molar-refractivity contribution >= 4 is 8.32 Å². The fourth-order valence-corrected chi connectivity index (χ4v) is 4.47. The number of hydrogen-bond donors (Lipinski definition) is 2. The summed E-state index contributed by atoms with van der Waals surface area (Å²) in [4.78, 5) is 0. The molecule has 2 rings (SSSR count). The van der Waals surface area contributed by atoms with Crippen molar-refractivity contribution in [2.45, 2.75) is 83.6 Å². The summed E-state index contributed by atoms with van der Waals surface area (Å²) in [5.74, 6) is 0. The quantitative estimate of drug-likeness (QED) is 0.583. The van der Waals surface area contributed by atoms with Crippen LogP contribution >= 0.6 is 0 Å². The molecule has 0 bridgehead atoms. The highest BCUT2D eigenvalue weighted by Crippen LogP contribution is 2.40. The summed E-state index contributed by atoms with van der Waals surface area (Å²) in [5.41, 5.74) is 0.426. The normalized spacial score (nSPS) is 28.5. The summed E-state index contributed by atoms with van der Waals surface area (Å²) in [7, 11) is -1.84. The number of benzene rings is 1. The first-order chi connectivity index (χ1) is 13.5. The number of hydrogen-bond acceptors (Lipinski definition) is 5. The van der Waals surface area contributed by atoms with Gasteiger partial charge in [-0.2, -0.15) is 0 Å². The Bertz CT molecular complexity index is 615. The van der Waals surface area contributed by atoms with Crippen LogP contribution in [-0.2, 0) is 20.5 Å². The predicted molar refractivity (Wildman–Crippen MR) is 118 cm³/mol. The van der Waals surface area contributed by atoms with Gasteiger partial charge < -0.3 is 24.1 Å². The van der Waals surface area contributed by atoms with Crippen molar-refractivity contribution < 1.29 is 24.1 Å². The molecule has 1 saturated heterocycles. The second-order valence-corrected chi connectivity index (χ2v) is 14.9. The summed E-state index contributed by atoms with van der Waals surface area (Å²) in [6, 6.07) is 10.0. The van der Waals surface area contributed by atoms with E-state index in [-0.39, 0.29) is 23.9 Å². The molecule has 0 amide bonds. The average molecular weight is 425 g/mol. The van der Waals surface area contributed by atoms with Crippen LogP contribution < -0.4 is 0 Å². The molecule has 1 aliphatic heterocycles. The van der Waals surface area contributed by atoms with Crippen molar-refractivity contribution in [2.75, 3.05) is 19.8 Å². The van der Waals surface area contributed by atoms with Crippen molar-refractivity contribution in [3.63, 3.8) is 0 Å². The van der Waals surface area contributed by atoms with Crippen LogP contribution in [0.2, 0.25) is 18.1 Å². The molecule has 0 saturated carbocycles. The van der Waals surface area contributed by atoms with E-state index in [2.05, 4.69) is 33.9 Å². The number of aliphatic hydroxyl groups is 2. The maximum atomic E-state index is 10.7. The standard InChI is InChI=1S/C23H40O5Si/c1-22(2,3)29(5,6)27-13-12-21-23(4,17-24)20(25)14-19(28-21)16-26-15-18-10-8-7-9-11-18/h7-11,19-21,24-25H,12-17H2,1-6H3/t19-,20+,21-,23+/m0/s1. The Morgan fingerprint density at radius 2 is 1.86 bits per heavy atom. The van der Waals surface area contributed by atoms with Crippen molar-refractivity contribution in [3.8, 4) is 0 Å². The molecule has 2 N–H and O–H groups in total. The van der Waals surface area contributed by atoms with E-state index in [4.69, 9.17) is 13.9 Å². The van der Waals surface area contributed by atoms with Crippen LogP contribution in [0.1, 0.15) is 46.1 Å². The van der Waals surface area contributed by atoms with Gasteiger partial charge in [0.15, 0.2) is 8.32 Å². The molecule has 1 aromatic rings. The van der Waals surface area contributed by atoms with Gasteiger partial charge in [-0.1, -0.05) is 58.0 Å². The van der Waals surface area contributed by atoms with Crippen LogP contribution in [-0.4, -0.2) is 56.7 Å². The maximum absolute atomic E-state index is 10.7. The molecule has 4 atom stereocenters. The van der Waals surface area contributed by atoms with Gasteiger partial charge in [0.2, 0.25) is 0 Å². The SMILES string of the molecule is CC(C)(C)[Si](C)(C)OCC[C@@H]1O[C@H](COCc2ccccc2)C[C@@H](O)[C@@]1(C)CO. The Morgan fingerprint density at radius 1 is 1.21 bits per heavy atom. The summed E-state index contributed by atoms with van der Waals surface area (Å²) in [5, 5.41) is 20.9. The first-order valence-electron chi connectivity index (χ1n) is 10.7. The smallest absolute Gasteiger partial charge is 0.191 e. The van der Waals surface area contributed by atoms with Gasteiger partial charge in [0.05, 0.1) is 38.1 Å². The molecule has 0 radical (unpaired) electrons. The second kappa shape index (κ2) is 10.0. The summed E-state index contributed by atoms with van der Waals surface area (Å²) in [6.07, 6.45) is 0.0170. The van der Waals surface area contributed by atoms with Crippen LogP contribution in [0.5, 0.6) is 0 Å². The van der Waals surface area contributed by atoms with E-state index in [9.17, 15) is 10.2 Å². The van der Waals surface area contributed by atoms with Crippen molar-refractivity contribution in [1.29, 1.82) is 0 Å². The lowest BCUT2D eigenvalue weighted by Gasteiger charge is -2.47. The number of rotatable bonds is 9. The van der Waals surface area contributed by atoms with E-state index in [1.54, 1.807) is 0 Å². The van der Waals surface area contributed by atoms with Gasteiger partial charge in [-0.05, 0) is 30.1 Å². The van der Waals surface area contributed by atoms with Gasteiger partial charge in [0.1, 0.15) is 0 Å². The Labute approximate surface area is 177 Å². The highest BCUT2D eigenvalue weighted by atomic mass is 28.4. The summed E-state index contributed by atoms with van der Waals surface area (Å²) >= 11 is 0. The first-order valence-corrected chi connectivity index (χ1v) is 13.6. The highest BCUT2D eigenvalue weighted by molar-refractivity contribution is 6.74. The minimum atomic E-state index is -1.84. The Balaban J connectivity index is 1.92. The van der Waals surface area contributed by atoms with E-state index in [0.717, 1.165) is 5.56 Å². The molecule has 166 valence electrons. The lowest BCUT2D eigenvalue weighted by Crippen LogP contribution is -2.55. The summed E-state index contributed by atoms with van der Waals surface area (Å²) < 4.78 is 18.4. The Kier molecular flexibility index (Phi) is 8.48. The van der Waals surface area contributed by atoms with Gasteiger partial charge in [-0.25, -0.2) is 0 Å². The van der Waals surface area contributed by atoms with Crippen LogP contribution in [0.3, 0.4) is 0 Å². The van der Waals surface area contributed by atoms with E-state index < -0.39 is 19.8 Å². The minimum Gasteiger partial charge on any atom is -0.417 e. The molecule has 1 heterocycles.